The summed E-state index contributed by atoms with van der Waals surface area (Å²) in [7, 11) is 1.86. The predicted molar refractivity (Wildman–Crippen MR) is 117 cm³/mol. The lowest BCUT2D eigenvalue weighted by molar-refractivity contribution is -0.139. The Bertz CT molecular complexity index is 1080. The number of nitrogens with one attached hydrogen (secondary N) is 1. The molecule has 0 spiro atoms. The molecule has 1 fully saturated rings. The van der Waals surface area contributed by atoms with Gasteiger partial charge in [-0.2, -0.15) is 13.2 Å². The van der Waals surface area contributed by atoms with Gasteiger partial charge in [-0.15, -0.1) is 0 Å². The number of piperidine rings is 1. The monoisotopic (exact) mass is 448 g/mol. The average Bonchev–Trinajstić information content (AvgIpc) is 3.08. The fourth-order valence-electron chi connectivity index (χ4n) is 3.94. The summed E-state index contributed by atoms with van der Waals surface area (Å²) >= 11 is 0. The standard InChI is InChI=1S/C23H24F4N4O/c1-30-11-10-21(19(24)14-30)29-20-8-5-9-22-18(20)12-16(31(22)15-23(25,26)27)13-28-32-17-6-3-2-4-7-17/h2-9,12-13,19,21,29H,10-11,14-15H2,1H3/b28-13-/t19-,21+/m0/s1. The second-order valence-electron chi connectivity index (χ2n) is 7.97. The molecule has 0 unspecified atom stereocenters. The molecule has 0 saturated carbocycles. The maximum Gasteiger partial charge on any atom is 0.406 e. The lowest BCUT2D eigenvalue weighted by Gasteiger charge is -2.33. The summed E-state index contributed by atoms with van der Waals surface area (Å²) in [6.07, 6.45) is -3.62. The van der Waals surface area contributed by atoms with Crippen molar-refractivity contribution in [3.05, 3.63) is 60.3 Å². The van der Waals surface area contributed by atoms with Gasteiger partial charge in [-0.25, -0.2) is 4.39 Å². The van der Waals surface area contributed by atoms with Gasteiger partial charge in [0.15, 0.2) is 5.75 Å². The van der Waals surface area contributed by atoms with Crippen LogP contribution in [0.25, 0.3) is 10.9 Å². The van der Waals surface area contributed by atoms with E-state index < -0.39 is 24.9 Å². The number of benzene rings is 2. The van der Waals surface area contributed by atoms with Crippen LogP contribution in [0.4, 0.5) is 23.2 Å². The number of rotatable bonds is 6. The van der Waals surface area contributed by atoms with Crippen molar-refractivity contribution in [2.45, 2.75) is 31.4 Å². The summed E-state index contributed by atoms with van der Waals surface area (Å²) in [6, 6.07) is 15.0. The highest BCUT2D eigenvalue weighted by Gasteiger charge is 2.31. The maximum atomic E-state index is 14.5. The van der Waals surface area contributed by atoms with Crippen molar-refractivity contribution in [1.82, 2.24) is 9.47 Å². The second kappa shape index (κ2) is 9.20. The molecule has 0 amide bonds. The molecule has 32 heavy (non-hydrogen) atoms. The number of likely N-dealkylation sites (tertiary alicyclic amines) is 1. The Kier molecular flexibility index (Phi) is 6.36. The highest BCUT2D eigenvalue weighted by Crippen LogP contribution is 2.31. The SMILES string of the molecule is CN1CC[C@@H](Nc2cccc3c2cc(/C=N\Oc2ccccc2)n3CC(F)(F)F)[C@@H](F)C1. The molecule has 0 bridgehead atoms. The number of nitrogens with zero attached hydrogens (tertiary/aromatic N) is 3. The van der Waals surface area contributed by atoms with Crippen LogP contribution in [0.15, 0.2) is 59.8 Å². The van der Waals surface area contributed by atoms with Crippen molar-refractivity contribution in [2.24, 2.45) is 5.16 Å². The lowest BCUT2D eigenvalue weighted by atomic mass is 10.0. The van der Waals surface area contributed by atoms with Crippen molar-refractivity contribution < 1.29 is 22.4 Å². The van der Waals surface area contributed by atoms with Gasteiger partial charge in [-0.1, -0.05) is 29.4 Å². The first-order valence-corrected chi connectivity index (χ1v) is 10.3. The molecule has 0 radical (unpaired) electrons. The Labute approximate surface area is 183 Å². The minimum atomic E-state index is -4.42. The van der Waals surface area contributed by atoms with Gasteiger partial charge in [0.25, 0.3) is 0 Å². The third-order valence-corrected chi connectivity index (χ3v) is 5.49. The van der Waals surface area contributed by atoms with Crippen molar-refractivity contribution in [2.75, 3.05) is 25.5 Å². The van der Waals surface area contributed by atoms with Crippen molar-refractivity contribution in [1.29, 1.82) is 0 Å². The molecule has 170 valence electrons. The number of hydrogen-bond donors (Lipinski definition) is 1. The van der Waals surface area contributed by atoms with E-state index in [1.165, 1.54) is 6.21 Å². The molecule has 1 saturated heterocycles. The third-order valence-electron chi connectivity index (χ3n) is 5.49. The zero-order valence-electron chi connectivity index (χ0n) is 17.5. The number of fused-ring (bicyclic) bond motifs is 1. The Morgan fingerprint density at radius 2 is 1.94 bits per heavy atom. The molecule has 1 N–H and O–H groups in total. The number of hydrogen-bond acceptors (Lipinski definition) is 4. The molecular weight excluding hydrogens is 424 g/mol. The van der Waals surface area contributed by atoms with Crippen LogP contribution >= 0.6 is 0 Å². The average molecular weight is 448 g/mol. The molecule has 1 aliphatic heterocycles. The Morgan fingerprint density at radius 1 is 1.16 bits per heavy atom. The van der Waals surface area contributed by atoms with E-state index in [0.717, 1.165) is 11.1 Å². The number of alkyl halides is 4. The van der Waals surface area contributed by atoms with Gasteiger partial charge < -0.3 is 19.6 Å². The molecule has 5 nitrogen and oxygen atoms in total. The Balaban J connectivity index is 1.66. The summed E-state index contributed by atoms with van der Waals surface area (Å²) in [5, 5.41) is 7.65. The van der Waals surface area contributed by atoms with E-state index in [0.29, 0.717) is 35.3 Å². The minimum absolute atomic E-state index is 0.239. The Morgan fingerprint density at radius 3 is 2.66 bits per heavy atom. The van der Waals surface area contributed by atoms with Crippen molar-refractivity contribution >= 4 is 22.8 Å². The predicted octanol–water partition coefficient (Wildman–Crippen LogP) is 5.07. The quantitative estimate of drug-likeness (QED) is 0.325. The highest BCUT2D eigenvalue weighted by atomic mass is 19.4. The van der Waals surface area contributed by atoms with Gasteiger partial charge in [0.1, 0.15) is 12.7 Å². The first-order chi connectivity index (χ1) is 15.3. The van der Waals surface area contributed by atoms with Crippen LogP contribution in [0.2, 0.25) is 0 Å². The molecule has 2 aromatic carbocycles. The maximum absolute atomic E-state index is 14.5. The number of aromatic nitrogens is 1. The molecule has 0 aliphatic carbocycles. The molecule has 2 heterocycles. The summed E-state index contributed by atoms with van der Waals surface area (Å²) in [5.41, 5.74) is 1.22. The summed E-state index contributed by atoms with van der Waals surface area (Å²) in [4.78, 5) is 7.19. The van der Waals surface area contributed by atoms with E-state index in [4.69, 9.17) is 4.84 Å². The molecule has 4 rings (SSSR count). The van der Waals surface area contributed by atoms with E-state index in [2.05, 4.69) is 10.5 Å². The van der Waals surface area contributed by atoms with Crippen LogP contribution < -0.4 is 10.2 Å². The Hall–Kier alpha value is -3.07. The first-order valence-electron chi connectivity index (χ1n) is 10.3. The fourth-order valence-corrected chi connectivity index (χ4v) is 3.94. The minimum Gasteiger partial charge on any atom is -0.379 e. The van der Waals surface area contributed by atoms with Crippen LogP contribution in [-0.2, 0) is 6.54 Å². The van der Waals surface area contributed by atoms with Crippen molar-refractivity contribution in [3.8, 4) is 5.75 Å². The van der Waals surface area contributed by atoms with E-state index >= 15 is 0 Å². The molecular formula is C23H24F4N4O. The van der Waals surface area contributed by atoms with Crippen LogP contribution in [0.3, 0.4) is 0 Å². The van der Waals surface area contributed by atoms with E-state index in [9.17, 15) is 17.6 Å². The number of anilines is 1. The molecule has 9 heteroatoms. The zero-order chi connectivity index (χ0) is 22.7. The smallest absolute Gasteiger partial charge is 0.379 e. The second-order valence-corrected chi connectivity index (χ2v) is 7.97. The van der Waals surface area contributed by atoms with Crippen LogP contribution in [0, 0.1) is 0 Å². The van der Waals surface area contributed by atoms with Gasteiger partial charge in [0.2, 0.25) is 0 Å². The molecule has 2 atom stereocenters. The molecule has 1 aliphatic rings. The van der Waals surface area contributed by atoms with Gasteiger partial charge in [0, 0.05) is 24.2 Å². The van der Waals surface area contributed by atoms with Crippen molar-refractivity contribution in [3.63, 3.8) is 0 Å². The normalized spacial score (nSPS) is 20.2. The van der Waals surface area contributed by atoms with Gasteiger partial charge in [-0.3, -0.25) is 0 Å². The number of halogens is 4. The van der Waals surface area contributed by atoms with Gasteiger partial charge in [0.05, 0.1) is 23.5 Å². The first kappa shape index (κ1) is 22.1. The van der Waals surface area contributed by atoms with Crippen LogP contribution in [-0.4, -0.2) is 54.2 Å². The summed E-state index contributed by atoms with van der Waals surface area (Å²) < 4.78 is 55.6. The fraction of sp³-hybridized carbons (Fsp3) is 0.348. The summed E-state index contributed by atoms with van der Waals surface area (Å²) in [6.45, 7) is -0.109. The highest BCUT2D eigenvalue weighted by molar-refractivity contribution is 5.98. The van der Waals surface area contributed by atoms with Crippen LogP contribution in [0.1, 0.15) is 12.1 Å². The largest absolute Gasteiger partial charge is 0.406 e. The number of para-hydroxylation sites is 1. The number of oxime groups is 1. The molecule has 3 aromatic rings. The topological polar surface area (TPSA) is 41.8 Å². The third kappa shape index (κ3) is 5.21. The van der Waals surface area contributed by atoms with Gasteiger partial charge >= 0.3 is 6.18 Å². The lowest BCUT2D eigenvalue weighted by Crippen LogP contribution is -2.46. The zero-order valence-corrected chi connectivity index (χ0v) is 17.5. The van der Waals surface area contributed by atoms with E-state index in [1.807, 2.05) is 18.0 Å². The summed E-state index contributed by atoms with van der Waals surface area (Å²) in [5.74, 6) is 0.473. The molecule has 1 aromatic heterocycles. The van der Waals surface area contributed by atoms with E-state index in [1.54, 1.807) is 48.5 Å². The van der Waals surface area contributed by atoms with E-state index in [-0.39, 0.29) is 5.69 Å². The van der Waals surface area contributed by atoms with Gasteiger partial charge in [-0.05, 0) is 43.8 Å². The van der Waals surface area contributed by atoms with Crippen LogP contribution in [0.5, 0.6) is 5.75 Å².